The highest BCUT2D eigenvalue weighted by Crippen LogP contribution is 2.22. The third-order valence-corrected chi connectivity index (χ3v) is 4.82. The van der Waals surface area contributed by atoms with Gasteiger partial charge >= 0.3 is 11.9 Å². The van der Waals surface area contributed by atoms with Crippen molar-refractivity contribution in [1.82, 2.24) is 0 Å². The van der Waals surface area contributed by atoms with Crippen molar-refractivity contribution in [3.05, 3.63) is 0 Å². The first-order valence-corrected chi connectivity index (χ1v) is 9.43. The molecular weight excluding hydrogens is 316 g/mol. The van der Waals surface area contributed by atoms with Crippen LogP contribution in [0.5, 0.6) is 0 Å². The van der Waals surface area contributed by atoms with E-state index in [0.717, 1.165) is 25.3 Å². The number of hydrogen-bond donors (Lipinski definition) is 0. The van der Waals surface area contributed by atoms with Crippen molar-refractivity contribution >= 4 is 21.7 Å². The Bertz CT molecular complexity index is 345. The van der Waals surface area contributed by atoms with Crippen LogP contribution in [0.3, 0.4) is 0 Å². The molecule has 0 aromatic heterocycles. The largest absolute Gasteiger partial charge is 0.412 e. The molecule has 1 aliphatic heterocycles. The van der Waals surface area contributed by atoms with Crippen LogP contribution in [0.25, 0.3) is 0 Å². The Balaban J connectivity index is 1.81. The number of carbonyl (C=O) groups is 2. The van der Waals surface area contributed by atoms with E-state index in [2.05, 4.69) is 4.74 Å². The SMILES string of the molecule is COC(CO[Si]CCCCCCCCC1CC(=O)OC1=O)OC. The lowest BCUT2D eigenvalue weighted by Gasteiger charge is -2.12. The predicted octanol–water partition coefficient (Wildman–Crippen LogP) is 2.48. The molecule has 23 heavy (non-hydrogen) atoms. The van der Waals surface area contributed by atoms with Crippen molar-refractivity contribution in [1.29, 1.82) is 0 Å². The maximum absolute atomic E-state index is 11.3. The highest BCUT2D eigenvalue weighted by Gasteiger charge is 2.32. The summed E-state index contributed by atoms with van der Waals surface area (Å²) in [4.78, 5) is 22.2. The Morgan fingerprint density at radius 3 is 2.35 bits per heavy atom. The lowest BCUT2D eigenvalue weighted by atomic mass is 9.99. The predicted molar refractivity (Wildman–Crippen MR) is 85.8 cm³/mol. The van der Waals surface area contributed by atoms with Crippen molar-refractivity contribution in [2.45, 2.75) is 63.7 Å². The minimum Gasteiger partial charge on any atom is -0.412 e. The number of rotatable bonds is 14. The molecule has 0 saturated carbocycles. The van der Waals surface area contributed by atoms with Crippen LogP contribution in [0.1, 0.15) is 51.4 Å². The molecule has 1 unspecified atom stereocenters. The number of ether oxygens (including phenoxy) is 3. The van der Waals surface area contributed by atoms with Gasteiger partial charge in [-0.05, 0) is 12.5 Å². The molecule has 1 heterocycles. The number of cyclic esters (lactones) is 2. The van der Waals surface area contributed by atoms with E-state index >= 15 is 0 Å². The van der Waals surface area contributed by atoms with E-state index in [1.807, 2.05) is 0 Å². The Hall–Kier alpha value is -0.763. The third-order valence-electron chi connectivity index (χ3n) is 3.89. The molecule has 1 rings (SSSR count). The summed E-state index contributed by atoms with van der Waals surface area (Å²) in [6, 6.07) is 1.08. The number of methoxy groups -OCH3 is 2. The number of hydrogen-bond acceptors (Lipinski definition) is 6. The van der Waals surface area contributed by atoms with Gasteiger partial charge in [-0.25, -0.2) is 0 Å². The molecule has 0 aliphatic carbocycles. The van der Waals surface area contributed by atoms with E-state index in [1.54, 1.807) is 14.2 Å². The van der Waals surface area contributed by atoms with Gasteiger partial charge in [-0.15, -0.1) is 0 Å². The second-order valence-corrected chi connectivity index (χ2v) is 6.79. The highest BCUT2D eigenvalue weighted by atomic mass is 28.2. The van der Waals surface area contributed by atoms with Gasteiger partial charge in [0, 0.05) is 14.2 Å². The minimum atomic E-state index is -0.370. The van der Waals surface area contributed by atoms with Crippen LogP contribution in [-0.2, 0) is 28.2 Å². The van der Waals surface area contributed by atoms with Crippen LogP contribution in [0.15, 0.2) is 0 Å². The first-order chi connectivity index (χ1) is 11.2. The van der Waals surface area contributed by atoms with Crippen LogP contribution in [-0.4, -0.2) is 48.8 Å². The number of carbonyl (C=O) groups excluding carboxylic acids is 2. The second kappa shape index (κ2) is 12.6. The zero-order valence-electron chi connectivity index (χ0n) is 14.2. The van der Waals surface area contributed by atoms with Crippen LogP contribution >= 0.6 is 0 Å². The Kier molecular flexibility index (Phi) is 11.1. The van der Waals surface area contributed by atoms with Crippen LogP contribution in [0.4, 0.5) is 0 Å². The van der Waals surface area contributed by atoms with Gasteiger partial charge in [-0.1, -0.05) is 38.5 Å². The maximum Gasteiger partial charge on any atom is 0.317 e. The van der Waals surface area contributed by atoms with Gasteiger partial charge in [0.2, 0.25) is 9.76 Å². The van der Waals surface area contributed by atoms with E-state index < -0.39 is 0 Å². The van der Waals surface area contributed by atoms with Gasteiger partial charge in [-0.2, -0.15) is 0 Å². The first-order valence-electron chi connectivity index (χ1n) is 8.32. The standard InChI is InChI=1S/C16H28O6Si/c1-19-15(20-2)12-21-23-10-8-6-4-3-5-7-9-13-11-14(17)22-16(13)18/h13,15H,3-12H2,1-2H3. The molecule has 1 fully saturated rings. The molecule has 1 aliphatic rings. The molecule has 0 bridgehead atoms. The number of unbranched alkanes of at least 4 members (excludes halogenated alkanes) is 5. The lowest BCUT2D eigenvalue weighted by molar-refractivity contribution is -0.153. The van der Waals surface area contributed by atoms with Crippen LogP contribution < -0.4 is 0 Å². The van der Waals surface area contributed by atoms with Gasteiger partial charge in [0.25, 0.3) is 0 Å². The molecule has 2 radical (unpaired) electrons. The van der Waals surface area contributed by atoms with Gasteiger partial charge < -0.3 is 18.6 Å². The summed E-state index contributed by atoms with van der Waals surface area (Å²) in [7, 11) is 3.71. The summed E-state index contributed by atoms with van der Waals surface area (Å²) in [6.07, 6.45) is 7.65. The minimum absolute atomic E-state index is 0.191. The zero-order chi connectivity index (χ0) is 16.9. The third kappa shape index (κ3) is 9.19. The smallest absolute Gasteiger partial charge is 0.317 e. The zero-order valence-corrected chi connectivity index (χ0v) is 15.2. The molecule has 0 amide bonds. The van der Waals surface area contributed by atoms with Crippen molar-refractivity contribution in [2.75, 3.05) is 20.8 Å². The Labute approximate surface area is 141 Å². The molecule has 132 valence electrons. The summed E-state index contributed by atoms with van der Waals surface area (Å²) in [5, 5.41) is 0. The van der Waals surface area contributed by atoms with Gasteiger partial charge in [0.05, 0.1) is 18.9 Å². The maximum atomic E-state index is 11.3. The van der Waals surface area contributed by atoms with E-state index in [9.17, 15) is 9.59 Å². The van der Waals surface area contributed by atoms with E-state index in [0.29, 0.717) is 16.4 Å². The van der Waals surface area contributed by atoms with Crippen molar-refractivity contribution in [3.63, 3.8) is 0 Å². The highest BCUT2D eigenvalue weighted by molar-refractivity contribution is 6.26. The second-order valence-electron chi connectivity index (χ2n) is 5.71. The summed E-state index contributed by atoms with van der Waals surface area (Å²) in [6.45, 7) is 0.484. The Morgan fingerprint density at radius 1 is 1.09 bits per heavy atom. The summed E-state index contributed by atoms with van der Waals surface area (Å²) >= 11 is 0. The summed E-state index contributed by atoms with van der Waals surface area (Å²) in [5.41, 5.74) is 0. The molecule has 0 spiro atoms. The van der Waals surface area contributed by atoms with Gasteiger partial charge in [-0.3, -0.25) is 9.59 Å². The van der Waals surface area contributed by atoms with Crippen LogP contribution in [0, 0.1) is 5.92 Å². The number of esters is 2. The lowest BCUT2D eigenvalue weighted by Crippen LogP contribution is -2.21. The molecule has 1 saturated heterocycles. The fourth-order valence-electron chi connectivity index (χ4n) is 2.47. The quantitative estimate of drug-likeness (QED) is 0.158. The average Bonchev–Trinajstić information content (AvgIpc) is 2.86. The monoisotopic (exact) mass is 344 g/mol. The van der Waals surface area contributed by atoms with Crippen LogP contribution in [0.2, 0.25) is 6.04 Å². The molecule has 1 atom stereocenters. The van der Waals surface area contributed by atoms with Crippen molar-refractivity contribution < 1.29 is 28.2 Å². The van der Waals surface area contributed by atoms with Gasteiger partial charge in [0.15, 0.2) is 6.29 Å². The summed E-state index contributed by atoms with van der Waals surface area (Å²) in [5.74, 6) is -0.894. The molecular formula is C16H28O6Si. The topological polar surface area (TPSA) is 71.1 Å². The first kappa shape index (κ1) is 20.3. The normalized spacial score (nSPS) is 18.0. The molecule has 6 nitrogen and oxygen atoms in total. The Morgan fingerprint density at radius 2 is 1.74 bits per heavy atom. The molecule has 0 aromatic carbocycles. The van der Waals surface area contributed by atoms with Crippen molar-refractivity contribution in [3.8, 4) is 0 Å². The average molecular weight is 344 g/mol. The molecule has 0 N–H and O–H groups in total. The van der Waals surface area contributed by atoms with E-state index in [-0.39, 0.29) is 30.6 Å². The van der Waals surface area contributed by atoms with E-state index in [1.165, 1.54) is 25.7 Å². The molecule has 7 heteroatoms. The fourth-order valence-corrected chi connectivity index (χ4v) is 3.26. The van der Waals surface area contributed by atoms with E-state index in [4.69, 9.17) is 13.9 Å². The fraction of sp³-hybridized carbons (Fsp3) is 0.875. The summed E-state index contributed by atoms with van der Waals surface area (Å²) < 4.78 is 20.1. The van der Waals surface area contributed by atoms with Gasteiger partial charge in [0.1, 0.15) is 0 Å². The van der Waals surface area contributed by atoms with Crippen molar-refractivity contribution in [2.24, 2.45) is 5.92 Å². The molecule has 0 aromatic rings.